The quantitative estimate of drug-likeness (QED) is 0.893. The zero-order valence-corrected chi connectivity index (χ0v) is 12.2. The first-order valence-electron chi connectivity index (χ1n) is 5.24. The Hall–Kier alpha value is -1.47. The molecule has 19 heavy (non-hydrogen) atoms. The van der Waals surface area contributed by atoms with Crippen LogP contribution in [0.1, 0.15) is 6.92 Å². The van der Waals surface area contributed by atoms with Gasteiger partial charge < -0.3 is 9.84 Å². The average molecular weight is 308 g/mol. The summed E-state index contributed by atoms with van der Waals surface area (Å²) in [5.74, 6) is -0.876. The van der Waals surface area contributed by atoms with E-state index in [9.17, 15) is 13.2 Å². The van der Waals surface area contributed by atoms with Crippen molar-refractivity contribution in [3.05, 3.63) is 23.2 Å². The van der Waals surface area contributed by atoms with Crippen LogP contribution in [0.5, 0.6) is 5.75 Å². The molecule has 0 aromatic heterocycles. The summed E-state index contributed by atoms with van der Waals surface area (Å²) in [7, 11) is -2.32. The number of halogens is 1. The molecule has 1 atom stereocenters. The molecule has 0 aliphatic heterocycles. The molecule has 0 fully saturated rings. The highest BCUT2D eigenvalue weighted by atomic mass is 35.5. The Balaban J connectivity index is 3.34. The number of anilines is 1. The lowest BCUT2D eigenvalue weighted by atomic mass is 10.2. The minimum atomic E-state index is -3.75. The second-order valence-corrected chi connectivity index (χ2v) is 6.16. The third-order valence-electron chi connectivity index (χ3n) is 2.46. The standard InChI is InChI=1S/C11H14ClNO5S/c1-7(11(14)15)13(19(3,16)17)8-4-5-10(18-2)9(12)6-8/h4-7H,1-3H3,(H,14,15)/t7-/m0/s1. The molecule has 106 valence electrons. The van der Waals surface area contributed by atoms with E-state index in [4.69, 9.17) is 21.4 Å². The van der Waals surface area contributed by atoms with Gasteiger partial charge in [-0.3, -0.25) is 4.31 Å². The maximum atomic E-state index is 11.7. The first kappa shape index (κ1) is 15.6. The lowest BCUT2D eigenvalue weighted by Gasteiger charge is -2.26. The Morgan fingerprint density at radius 1 is 1.47 bits per heavy atom. The van der Waals surface area contributed by atoms with E-state index in [1.165, 1.54) is 32.2 Å². The van der Waals surface area contributed by atoms with Gasteiger partial charge in [-0.15, -0.1) is 0 Å². The molecule has 0 saturated heterocycles. The van der Waals surface area contributed by atoms with Crippen LogP contribution in [0.25, 0.3) is 0 Å². The normalized spacial score (nSPS) is 12.8. The van der Waals surface area contributed by atoms with Crippen molar-refractivity contribution in [1.82, 2.24) is 0 Å². The van der Waals surface area contributed by atoms with E-state index in [0.717, 1.165) is 10.6 Å². The second-order valence-electron chi connectivity index (χ2n) is 3.89. The summed E-state index contributed by atoms with van der Waals surface area (Å²) in [6.45, 7) is 1.28. The fourth-order valence-electron chi connectivity index (χ4n) is 1.59. The Kier molecular flexibility index (Phi) is 4.65. The first-order chi connectivity index (χ1) is 8.68. The Labute approximate surface area is 116 Å². The molecule has 1 rings (SSSR count). The Morgan fingerprint density at radius 2 is 2.05 bits per heavy atom. The number of aliphatic carboxylic acids is 1. The van der Waals surface area contributed by atoms with Gasteiger partial charge in [-0.25, -0.2) is 13.2 Å². The summed E-state index contributed by atoms with van der Waals surface area (Å²) in [5.41, 5.74) is 0.170. The monoisotopic (exact) mass is 307 g/mol. The summed E-state index contributed by atoms with van der Waals surface area (Å²) in [6, 6.07) is 3.02. The van der Waals surface area contributed by atoms with Gasteiger partial charge in [0.05, 0.1) is 24.1 Å². The van der Waals surface area contributed by atoms with Gasteiger partial charge in [0.15, 0.2) is 0 Å². The largest absolute Gasteiger partial charge is 0.495 e. The van der Waals surface area contributed by atoms with Gasteiger partial charge in [-0.2, -0.15) is 0 Å². The number of carboxylic acid groups (broad SMARTS) is 1. The number of ether oxygens (including phenoxy) is 1. The van der Waals surface area contributed by atoms with E-state index in [-0.39, 0.29) is 10.7 Å². The topological polar surface area (TPSA) is 83.9 Å². The summed E-state index contributed by atoms with van der Waals surface area (Å²) in [5, 5.41) is 9.18. The van der Waals surface area contributed by atoms with Crippen LogP contribution in [0, 0.1) is 0 Å². The van der Waals surface area contributed by atoms with Crippen LogP contribution in [0.2, 0.25) is 5.02 Å². The molecule has 0 aliphatic rings. The van der Waals surface area contributed by atoms with Gasteiger partial charge in [0.1, 0.15) is 11.8 Å². The van der Waals surface area contributed by atoms with E-state index in [1.54, 1.807) is 0 Å². The van der Waals surface area contributed by atoms with Crippen LogP contribution < -0.4 is 9.04 Å². The number of hydrogen-bond acceptors (Lipinski definition) is 4. The van der Waals surface area contributed by atoms with Gasteiger partial charge in [0.25, 0.3) is 0 Å². The third-order valence-corrected chi connectivity index (χ3v) is 3.99. The predicted octanol–water partition coefficient (Wildman–Crippen LogP) is 1.59. The van der Waals surface area contributed by atoms with Crippen LogP contribution in [0.15, 0.2) is 18.2 Å². The average Bonchev–Trinajstić information content (AvgIpc) is 2.27. The fraction of sp³-hybridized carbons (Fsp3) is 0.364. The fourth-order valence-corrected chi connectivity index (χ4v) is 3.01. The smallest absolute Gasteiger partial charge is 0.327 e. The van der Waals surface area contributed by atoms with Gasteiger partial charge in [-0.05, 0) is 25.1 Å². The first-order valence-corrected chi connectivity index (χ1v) is 7.47. The summed E-state index contributed by atoms with van der Waals surface area (Å²) in [6.07, 6.45) is 0.935. The SMILES string of the molecule is COc1ccc(N([C@@H](C)C(=O)O)S(C)(=O)=O)cc1Cl. The number of carboxylic acids is 1. The number of rotatable bonds is 5. The van der Waals surface area contributed by atoms with Crippen molar-refractivity contribution in [3.63, 3.8) is 0 Å². The summed E-state index contributed by atoms with van der Waals surface area (Å²) in [4.78, 5) is 11.0. The predicted molar refractivity (Wildman–Crippen MR) is 72.4 cm³/mol. The Bertz CT molecular complexity index is 587. The molecule has 1 aromatic carbocycles. The number of methoxy groups -OCH3 is 1. The minimum absolute atomic E-state index is 0.170. The molecule has 0 unspecified atom stereocenters. The Morgan fingerprint density at radius 3 is 2.42 bits per heavy atom. The molecule has 0 radical (unpaired) electrons. The molecule has 8 heteroatoms. The van der Waals surface area contributed by atoms with E-state index < -0.39 is 22.0 Å². The summed E-state index contributed by atoms with van der Waals surface area (Å²) < 4.78 is 29.2. The zero-order chi connectivity index (χ0) is 14.8. The van der Waals surface area contributed by atoms with Gasteiger partial charge in [0, 0.05) is 0 Å². The van der Waals surface area contributed by atoms with Gasteiger partial charge in [-0.1, -0.05) is 11.6 Å². The molecule has 6 nitrogen and oxygen atoms in total. The highest BCUT2D eigenvalue weighted by Crippen LogP contribution is 2.31. The zero-order valence-electron chi connectivity index (χ0n) is 10.6. The van der Waals surface area contributed by atoms with Crippen molar-refractivity contribution in [2.24, 2.45) is 0 Å². The number of benzene rings is 1. The van der Waals surface area contributed by atoms with Crippen LogP contribution in [-0.4, -0.2) is 38.9 Å². The minimum Gasteiger partial charge on any atom is -0.495 e. The summed E-state index contributed by atoms with van der Waals surface area (Å²) >= 11 is 5.91. The molecule has 1 N–H and O–H groups in total. The third kappa shape index (κ3) is 3.51. The molecule has 0 amide bonds. The van der Waals surface area contributed by atoms with Crippen molar-refractivity contribution < 1.29 is 23.1 Å². The van der Waals surface area contributed by atoms with Crippen molar-refractivity contribution in [3.8, 4) is 5.75 Å². The van der Waals surface area contributed by atoms with E-state index in [0.29, 0.717) is 5.75 Å². The van der Waals surface area contributed by atoms with Crippen molar-refractivity contribution in [2.45, 2.75) is 13.0 Å². The molecular formula is C11H14ClNO5S. The molecular weight excluding hydrogens is 294 g/mol. The van der Waals surface area contributed by atoms with E-state index >= 15 is 0 Å². The van der Waals surface area contributed by atoms with Crippen LogP contribution in [0.4, 0.5) is 5.69 Å². The lowest BCUT2D eigenvalue weighted by Crippen LogP contribution is -2.42. The van der Waals surface area contributed by atoms with Gasteiger partial charge in [0.2, 0.25) is 10.0 Å². The highest BCUT2D eigenvalue weighted by molar-refractivity contribution is 7.92. The van der Waals surface area contributed by atoms with Crippen molar-refractivity contribution in [2.75, 3.05) is 17.7 Å². The van der Waals surface area contributed by atoms with Crippen LogP contribution in [0.3, 0.4) is 0 Å². The van der Waals surface area contributed by atoms with Crippen molar-refractivity contribution in [1.29, 1.82) is 0 Å². The highest BCUT2D eigenvalue weighted by Gasteiger charge is 2.29. The molecule has 0 spiro atoms. The molecule has 1 aromatic rings. The van der Waals surface area contributed by atoms with E-state index in [1.807, 2.05) is 0 Å². The molecule has 0 aliphatic carbocycles. The maximum absolute atomic E-state index is 11.7. The van der Waals surface area contributed by atoms with E-state index in [2.05, 4.69) is 0 Å². The number of nitrogens with zero attached hydrogens (tertiary/aromatic N) is 1. The number of hydrogen-bond donors (Lipinski definition) is 1. The second kappa shape index (κ2) is 5.66. The maximum Gasteiger partial charge on any atom is 0.327 e. The van der Waals surface area contributed by atoms with Crippen LogP contribution >= 0.6 is 11.6 Å². The van der Waals surface area contributed by atoms with Gasteiger partial charge >= 0.3 is 5.97 Å². The van der Waals surface area contributed by atoms with Crippen molar-refractivity contribution >= 4 is 33.3 Å². The lowest BCUT2D eigenvalue weighted by molar-refractivity contribution is -0.137. The number of carbonyl (C=O) groups is 1. The van der Waals surface area contributed by atoms with Crippen LogP contribution in [-0.2, 0) is 14.8 Å². The molecule has 0 bridgehead atoms. The molecule has 0 saturated carbocycles. The molecule has 0 heterocycles. The number of sulfonamides is 1.